The van der Waals surface area contributed by atoms with Crippen LogP contribution in [-0.4, -0.2) is 16.2 Å². The zero-order valence-electron chi connectivity index (χ0n) is 7.40. The lowest BCUT2D eigenvalue weighted by Crippen LogP contribution is -1.99. The zero-order chi connectivity index (χ0) is 8.81. The van der Waals surface area contributed by atoms with Crippen LogP contribution in [0.1, 0.15) is 25.3 Å². The van der Waals surface area contributed by atoms with Gasteiger partial charge in [0.2, 0.25) is 0 Å². The van der Waals surface area contributed by atoms with Crippen LogP contribution in [-0.2, 0) is 6.42 Å². The second-order valence-electron chi connectivity index (χ2n) is 3.10. The third kappa shape index (κ3) is 3.49. The molecular weight excluding hydrogens is 150 g/mol. The first-order valence-corrected chi connectivity index (χ1v) is 4.36. The molecule has 66 valence electrons. The Morgan fingerprint density at radius 3 is 3.00 bits per heavy atom. The van der Waals surface area contributed by atoms with Gasteiger partial charge in [0.15, 0.2) is 0 Å². The van der Waals surface area contributed by atoms with Gasteiger partial charge < -0.3 is 5.11 Å². The highest BCUT2D eigenvalue weighted by Crippen LogP contribution is 2.04. The minimum atomic E-state index is -0.179. The van der Waals surface area contributed by atoms with E-state index in [-0.39, 0.29) is 6.10 Å². The molecule has 1 N–H and O–H groups in total. The number of aryl methyl sites for hydroxylation is 1. The number of nitrogens with zero attached hydrogens (tertiary/aromatic N) is 1. The lowest BCUT2D eigenvalue weighted by molar-refractivity contribution is 0.181. The number of aliphatic hydroxyl groups is 1. The molecular formula is C10H15NO. The van der Waals surface area contributed by atoms with Crippen molar-refractivity contribution in [1.29, 1.82) is 0 Å². The van der Waals surface area contributed by atoms with Gasteiger partial charge in [-0.3, -0.25) is 4.98 Å². The van der Waals surface area contributed by atoms with Crippen LogP contribution in [0.3, 0.4) is 0 Å². The maximum Gasteiger partial charge on any atom is 0.0512 e. The molecule has 0 fully saturated rings. The summed E-state index contributed by atoms with van der Waals surface area (Å²) < 4.78 is 0. The first kappa shape index (κ1) is 9.20. The second-order valence-corrected chi connectivity index (χ2v) is 3.10. The quantitative estimate of drug-likeness (QED) is 0.737. The van der Waals surface area contributed by atoms with Crippen molar-refractivity contribution in [1.82, 2.24) is 4.98 Å². The molecule has 0 bridgehead atoms. The average molecular weight is 165 g/mol. The second kappa shape index (κ2) is 4.88. The van der Waals surface area contributed by atoms with E-state index in [9.17, 15) is 0 Å². The van der Waals surface area contributed by atoms with E-state index >= 15 is 0 Å². The summed E-state index contributed by atoms with van der Waals surface area (Å²) >= 11 is 0. The van der Waals surface area contributed by atoms with E-state index in [4.69, 9.17) is 5.11 Å². The van der Waals surface area contributed by atoms with Gasteiger partial charge in [0.05, 0.1) is 6.10 Å². The molecule has 1 heterocycles. The smallest absolute Gasteiger partial charge is 0.0512 e. The Morgan fingerprint density at radius 2 is 2.42 bits per heavy atom. The van der Waals surface area contributed by atoms with Gasteiger partial charge in [-0.1, -0.05) is 6.07 Å². The first-order valence-electron chi connectivity index (χ1n) is 4.36. The number of aliphatic hydroxyl groups excluding tert-OH is 1. The molecule has 2 nitrogen and oxygen atoms in total. The summed E-state index contributed by atoms with van der Waals surface area (Å²) in [5.41, 5.74) is 1.25. The van der Waals surface area contributed by atoms with Gasteiger partial charge in [-0.25, -0.2) is 0 Å². The molecule has 0 aliphatic carbocycles. The fraction of sp³-hybridized carbons (Fsp3) is 0.500. The van der Waals surface area contributed by atoms with Gasteiger partial charge >= 0.3 is 0 Å². The largest absolute Gasteiger partial charge is 0.393 e. The molecule has 0 aliphatic rings. The highest BCUT2D eigenvalue weighted by Gasteiger charge is 1.96. The Balaban J connectivity index is 2.25. The Morgan fingerprint density at radius 1 is 1.58 bits per heavy atom. The summed E-state index contributed by atoms with van der Waals surface area (Å²) in [6, 6.07) is 4.01. The SMILES string of the molecule is C[C@H](O)CCCc1cccnc1. The van der Waals surface area contributed by atoms with E-state index in [1.807, 2.05) is 19.2 Å². The minimum Gasteiger partial charge on any atom is -0.393 e. The predicted octanol–water partition coefficient (Wildman–Crippen LogP) is 1.79. The van der Waals surface area contributed by atoms with Crippen LogP contribution < -0.4 is 0 Å². The normalized spacial score (nSPS) is 12.8. The fourth-order valence-electron chi connectivity index (χ4n) is 1.15. The molecule has 0 radical (unpaired) electrons. The van der Waals surface area contributed by atoms with Crippen molar-refractivity contribution in [2.24, 2.45) is 0 Å². The van der Waals surface area contributed by atoms with Crippen LogP contribution in [0.2, 0.25) is 0 Å². The van der Waals surface area contributed by atoms with E-state index in [2.05, 4.69) is 11.1 Å². The van der Waals surface area contributed by atoms with Gasteiger partial charge in [-0.05, 0) is 37.8 Å². The van der Waals surface area contributed by atoms with Gasteiger partial charge in [0.1, 0.15) is 0 Å². The van der Waals surface area contributed by atoms with Crippen LogP contribution in [0.15, 0.2) is 24.5 Å². The summed E-state index contributed by atoms with van der Waals surface area (Å²) in [5, 5.41) is 9.01. The van der Waals surface area contributed by atoms with Crippen molar-refractivity contribution >= 4 is 0 Å². The molecule has 0 aliphatic heterocycles. The molecule has 0 amide bonds. The van der Waals surface area contributed by atoms with Crippen molar-refractivity contribution in [2.75, 3.05) is 0 Å². The van der Waals surface area contributed by atoms with Crippen molar-refractivity contribution in [3.05, 3.63) is 30.1 Å². The number of hydrogen-bond donors (Lipinski definition) is 1. The highest BCUT2D eigenvalue weighted by molar-refractivity contribution is 5.08. The number of pyridine rings is 1. The topological polar surface area (TPSA) is 33.1 Å². The Bertz CT molecular complexity index is 208. The Kier molecular flexibility index (Phi) is 3.74. The van der Waals surface area contributed by atoms with E-state index < -0.39 is 0 Å². The van der Waals surface area contributed by atoms with Crippen molar-refractivity contribution in [2.45, 2.75) is 32.3 Å². The van der Waals surface area contributed by atoms with E-state index in [1.165, 1.54) is 5.56 Å². The molecule has 1 atom stereocenters. The van der Waals surface area contributed by atoms with Gasteiger partial charge in [0.25, 0.3) is 0 Å². The first-order chi connectivity index (χ1) is 5.79. The van der Waals surface area contributed by atoms with Crippen molar-refractivity contribution in [3.63, 3.8) is 0 Å². The average Bonchev–Trinajstić information content (AvgIpc) is 2.05. The molecule has 1 aromatic rings. The summed E-state index contributed by atoms with van der Waals surface area (Å²) in [7, 11) is 0. The molecule has 1 aromatic heterocycles. The van der Waals surface area contributed by atoms with Crippen LogP contribution in [0.25, 0.3) is 0 Å². The summed E-state index contributed by atoms with van der Waals surface area (Å²) in [4.78, 5) is 4.02. The molecule has 0 saturated carbocycles. The maximum atomic E-state index is 9.01. The third-order valence-corrected chi connectivity index (χ3v) is 1.81. The standard InChI is InChI=1S/C10H15NO/c1-9(12)4-2-5-10-6-3-7-11-8-10/h3,6-9,12H,2,4-5H2,1H3/t9-/m0/s1. The number of hydrogen-bond acceptors (Lipinski definition) is 2. The Labute approximate surface area is 73.3 Å². The van der Waals surface area contributed by atoms with Crippen LogP contribution in [0.4, 0.5) is 0 Å². The van der Waals surface area contributed by atoms with Crippen molar-refractivity contribution in [3.8, 4) is 0 Å². The monoisotopic (exact) mass is 165 g/mol. The van der Waals surface area contributed by atoms with Crippen LogP contribution in [0, 0.1) is 0 Å². The molecule has 0 saturated heterocycles. The lowest BCUT2D eigenvalue weighted by Gasteiger charge is -2.02. The highest BCUT2D eigenvalue weighted by atomic mass is 16.3. The molecule has 0 spiro atoms. The predicted molar refractivity (Wildman–Crippen MR) is 48.9 cm³/mol. The number of rotatable bonds is 4. The molecule has 0 unspecified atom stereocenters. The van der Waals surface area contributed by atoms with Gasteiger partial charge in [0, 0.05) is 12.4 Å². The summed E-state index contributed by atoms with van der Waals surface area (Å²) in [6.07, 6.45) is 6.39. The fourth-order valence-corrected chi connectivity index (χ4v) is 1.15. The molecule has 1 rings (SSSR count). The van der Waals surface area contributed by atoms with E-state index in [0.717, 1.165) is 19.3 Å². The number of aromatic nitrogens is 1. The van der Waals surface area contributed by atoms with E-state index in [0.29, 0.717) is 0 Å². The van der Waals surface area contributed by atoms with Gasteiger partial charge in [-0.2, -0.15) is 0 Å². The van der Waals surface area contributed by atoms with Gasteiger partial charge in [-0.15, -0.1) is 0 Å². The zero-order valence-corrected chi connectivity index (χ0v) is 7.40. The molecule has 2 heteroatoms. The molecule has 12 heavy (non-hydrogen) atoms. The third-order valence-electron chi connectivity index (χ3n) is 1.81. The van der Waals surface area contributed by atoms with Crippen LogP contribution in [0.5, 0.6) is 0 Å². The maximum absolute atomic E-state index is 9.01. The van der Waals surface area contributed by atoms with Crippen LogP contribution >= 0.6 is 0 Å². The minimum absolute atomic E-state index is 0.179. The summed E-state index contributed by atoms with van der Waals surface area (Å²) in [6.45, 7) is 1.82. The Hall–Kier alpha value is -0.890. The van der Waals surface area contributed by atoms with Crippen molar-refractivity contribution < 1.29 is 5.11 Å². The molecule has 0 aromatic carbocycles. The van der Waals surface area contributed by atoms with E-state index in [1.54, 1.807) is 6.20 Å². The summed E-state index contributed by atoms with van der Waals surface area (Å²) in [5.74, 6) is 0. The lowest BCUT2D eigenvalue weighted by atomic mass is 10.1.